The molecular formula is C47H29N3S. The number of aromatic nitrogens is 3. The summed E-state index contributed by atoms with van der Waals surface area (Å²) in [5.41, 5.74) is 12.6. The largest absolute Gasteiger partial charge is 0.246 e. The molecule has 0 N–H and O–H groups in total. The van der Waals surface area contributed by atoms with E-state index in [9.17, 15) is 0 Å². The van der Waals surface area contributed by atoms with Gasteiger partial charge >= 0.3 is 0 Å². The number of pyridine rings is 3. The first-order valence-electron chi connectivity index (χ1n) is 17.1. The van der Waals surface area contributed by atoms with Gasteiger partial charge in [-0.05, 0) is 29.3 Å². The maximum absolute atomic E-state index is 5.31. The van der Waals surface area contributed by atoms with Crippen LogP contribution in [-0.4, -0.2) is 15.0 Å². The average Bonchev–Trinajstić information content (AvgIpc) is 3.62. The first kappa shape index (κ1) is 29.4. The number of thiophene rings is 1. The molecule has 0 fully saturated rings. The molecule has 0 saturated carbocycles. The van der Waals surface area contributed by atoms with Gasteiger partial charge in [0.05, 0.1) is 38.3 Å². The molecule has 0 amide bonds. The van der Waals surface area contributed by atoms with Crippen LogP contribution in [-0.2, 0) is 0 Å². The summed E-state index contributed by atoms with van der Waals surface area (Å²) in [5, 5.41) is 4.57. The minimum absolute atomic E-state index is 0.908. The molecule has 0 saturated heterocycles. The number of hydrogen-bond acceptors (Lipinski definition) is 4. The summed E-state index contributed by atoms with van der Waals surface area (Å²) in [6.07, 6.45) is 0. The van der Waals surface area contributed by atoms with E-state index >= 15 is 0 Å². The molecule has 0 aliphatic heterocycles. The lowest BCUT2D eigenvalue weighted by Crippen LogP contribution is -1.91. The minimum atomic E-state index is 0.908. The molecule has 10 rings (SSSR count). The van der Waals surface area contributed by atoms with Crippen LogP contribution in [0.3, 0.4) is 0 Å². The molecule has 51 heavy (non-hydrogen) atoms. The molecule has 6 aromatic carbocycles. The van der Waals surface area contributed by atoms with Crippen molar-refractivity contribution >= 4 is 54.1 Å². The summed E-state index contributed by atoms with van der Waals surface area (Å²) in [5.74, 6) is 0. The molecule has 0 radical (unpaired) electrons. The van der Waals surface area contributed by atoms with Crippen LogP contribution in [0.5, 0.6) is 0 Å². The van der Waals surface area contributed by atoms with Crippen molar-refractivity contribution in [2.45, 2.75) is 0 Å². The third-order valence-electron chi connectivity index (χ3n) is 9.67. The van der Waals surface area contributed by atoms with E-state index in [-0.39, 0.29) is 0 Å². The SMILES string of the molecule is c1ccc(-c2ccc3ccc4ccc(-c5ccc(-c6nc7ccccc7c7c(-c8ccccc8)c(-c8ccccc8)sc67)cc5)nc4c3n2)cc1. The Labute approximate surface area is 299 Å². The molecule has 0 aliphatic carbocycles. The van der Waals surface area contributed by atoms with Gasteiger partial charge in [-0.1, -0.05) is 158 Å². The van der Waals surface area contributed by atoms with Crippen molar-refractivity contribution in [1.29, 1.82) is 0 Å². The second-order valence-electron chi connectivity index (χ2n) is 12.8. The first-order valence-corrected chi connectivity index (χ1v) is 17.9. The van der Waals surface area contributed by atoms with Crippen molar-refractivity contribution in [1.82, 2.24) is 15.0 Å². The summed E-state index contributed by atoms with van der Waals surface area (Å²) in [7, 11) is 0. The van der Waals surface area contributed by atoms with E-state index in [0.29, 0.717) is 0 Å². The Morgan fingerprint density at radius 3 is 1.49 bits per heavy atom. The number of benzene rings is 6. The number of rotatable bonds is 5. The van der Waals surface area contributed by atoms with Gasteiger partial charge < -0.3 is 0 Å². The van der Waals surface area contributed by atoms with Crippen molar-refractivity contribution in [3.63, 3.8) is 0 Å². The highest BCUT2D eigenvalue weighted by Crippen LogP contribution is 2.49. The lowest BCUT2D eigenvalue weighted by Gasteiger charge is -2.11. The smallest absolute Gasteiger partial charge is 0.0972 e. The van der Waals surface area contributed by atoms with Crippen LogP contribution < -0.4 is 0 Å². The summed E-state index contributed by atoms with van der Waals surface area (Å²) >= 11 is 1.83. The van der Waals surface area contributed by atoms with E-state index < -0.39 is 0 Å². The van der Waals surface area contributed by atoms with Crippen LogP contribution in [0.2, 0.25) is 0 Å². The number of fused-ring (bicyclic) bond motifs is 6. The zero-order chi connectivity index (χ0) is 33.7. The topological polar surface area (TPSA) is 38.7 Å². The van der Waals surface area contributed by atoms with Gasteiger partial charge in [-0.15, -0.1) is 11.3 Å². The van der Waals surface area contributed by atoms with Gasteiger partial charge in [0, 0.05) is 48.7 Å². The lowest BCUT2D eigenvalue weighted by atomic mass is 9.95. The number of nitrogens with zero attached hydrogens (tertiary/aromatic N) is 3. The predicted molar refractivity (Wildman–Crippen MR) is 215 cm³/mol. The number of hydrogen-bond donors (Lipinski definition) is 0. The molecule has 4 heterocycles. The fraction of sp³-hybridized carbons (Fsp3) is 0. The van der Waals surface area contributed by atoms with E-state index in [0.717, 1.165) is 61.1 Å². The highest BCUT2D eigenvalue weighted by Gasteiger charge is 2.22. The normalized spacial score (nSPS) is 11.5. The zero-order valence-corrected chi connectivity index (χ0v) is 28.3. The van der Waals surface area contributed by atoms with Gasteiger partial charge in [-0.25, -0.2) is 15.0 Å². The van der Waals surface area contributed by atoms with E-state index in [1.807, 2.05) is 29.5 Å². The van der Waals surface area contributed by atoms with Crippen LogP contribution in [0.4, 0.5) is 0 Å². The predicted octanol–water partition coefficient (Wildman–Crippen LogP) is 12.9. The maximum Gasteiger partial charge on any atom is 0.0972 e. The molecule has 0 aliphatic rings. The highest BCUT2D eigenvalue weighted by molar-refractivity contribution is 7.23. The zero-order valence-electron chi connectivity index (χ0n) is 27.5. The highest BCUT2D eigenvalue weighted by atomic mass is 32.1. The molecule has 10 aromatic rings. The molecular weight excluding hydrogens is 639 g/mol. The minimum Gasteiger partial charge on any atom is -0.246 e. The Morgan fingerprint density at radius 1 is 0.373 bits per heavy atom. The third-order valence-corrected chi connectivity index (χ3v) is 10.9. The Morgan fingerprint density at radius 2 is 0.863 bits per heavy atom. The standard InChI is InChI=1S/C47H29N3S/c1-4-12-30(13-5-1)38-28-26-33-24-25-34-27-29-39(49-44(34)43(33)48-38)31-20-22-35(23-21-31)45-47-42(37-18-10-11-19-40(37)50-45)41(32-14-6-2-7-15-32)46(51-47)36-16-8-3-9-17-36/h1-29H. The molecule has 4 heteroatoms. The van der Waals surface area contributed by atoms with Crippen molar-refractivity contribution in [3.05, 3.63) is 176 Å². The van der Waals surface area contributed by atoms with Crippen molar-refractivity contribution in [2.75, 3.05) is 0 Å². The van der Waals surface area contributed by atoms with Gasteiger partial charge in [-0.3, -0.25) is 0 Å². The molecule has 0 unspecified atom stereocenters. The quantitative estimate of drug-likeness (QED) is 0.171. The Bertz CT molecular complexity index is 2880. The van der Waals surface area contributed by atoms with Gasteiger partial charge in [0.25, 0.3) is 0 Å². The molecule has 0 bridgehead atoms. The molecule has 238 valence electrons. The van der Waals surface area contributed by atoms with Gasteiger partial charge in [0.2, 0.25) is 0 Å². The van der Waals surface area contributed by atoms with Gasteiger partial charge in [0.1, 0.15) is 0 Å². The van der Waals surface area contributed by atoms with E-state index in [1.165, 1.54) is 37.0 Å². The second-order valence-corrected chi connectivity index (χ2v) is 13.8. The second kappa shape index (κ2) is 12.1. The monoisotopic (exact) mass is 667 g/mol. The summed E-state index contributed by atoms with van der Waals surface area (Å²) in [4.78, 5) is 16.9. The fourth-order valence-corrected chi connectivity index (χ4v) is 8.53. The van der Waals surface area contributed by atoms with Crippen molar-refractivity contribution in [3.8, 4) is 55.3 Å². The van der Waals surface area contributed by atoms with Crippen molar-refractivity contribution in [2.24, 2.45) is 0 Å². The Hall–Kier alpha value is -6.49. The van der Waals surface area contributed by atoms with Crippen molar-refractivity contribution < 1.29 is 0 Å². The molecule has 3 nitrogen and oxygen atoms in total. The van der Waals surface area contributed by atoms with E-state index in [1.54, 1.807) is 0 Å². The summed E-state index contributed by atoms with van der Waals surface area (Å²) in [6.45, 7) is 0. The van der Waals surface area contributed by atoms with E-state index in [4.69, 9.17) is 15.0 Å². The van der Waals surface area contributed by atoms with Crippen LogP contribution in [0.15, 0.2) is 176 Å². The molecule has 4 aromatic heterocycles. The molecule has 0 atom stereocenters. The van der Waals surface area contributed by atoms with Gasteiger partial charge in [-0.2, -0.15) is 0 Å². The Kier molecular flexibility index (Phi) is 7.00. The van der Waals surface area contributed by atoms with Crippen LogP contribution >= 0.6 is 11.3 Å². The van der Waals surface area contributed by atoms with E-state index in [2.05, 4.69) is 158 Å². The molecule has 0 spiro atoms. The van der Waals surface area contributed by atoms with Crippen LogP contribution in [0, 0.1) is 0 Å². The number of para-hydroxylation sites is 1. The maximum atomic E-state index is 5.31. The lowest BCUT2D eigenvalue weighted by molar-refractivity contribution is 1.36. The first-order chi connectivity index (χ1) is 25.3. The summed E-state index contributed by atoms with van der Waals surface area (Å²) < 4.78 is 1.19. The average molecular weight is 668 g/mol. The van der Waals surface area contributed by atoms with Gasteiger partial charge in [0.15, 0.2) is 0 Å². The third kappa shape index (κ3) is 5.08. The fourth-order valence-electron chi connectivity index (χ4n) is 7.17. The summed E-state index contributed by atoms with van der Waals surface area (Å²) in [6, 6.07) is 61.8. The van der Waals surface area contributed by atoms with Crippen LogP contribution in [0.1, 0.15) is 0 Å². The Balaban J connectivity index is 1.13. The van der Waals surface area contributed by atoms with Crippen LogP contribution in [0.25, 0.3) is 98.1 Å².